The van der Waals surface area contributed by atoms with Crippen molar-refractivity contribution in [2.24, 2.45) is 0 Å². The largest absolute Gasteiger partial charge is 0.497 e. The fourth-order valence-corrected chi connectivity index (χ4v) is 2.60. The van der Waals surface area contributed by atoms with Gasteiger partial charge in [-0.05, 0) is 48.5 Å². The van der Waals surface area contributed by atoms with Crippen molar-refractivity contribution in [2.75, 3.05) is 12.4 Å². The number of nitrogens with one attached hydrogen (secondary N) is 1. The van der Waals surface area contributed by atoms with E-state index >= 15 is 0 Å². The number of nitrogens with zero attached hydrogens (tertiary/aromatic N) is 2. The number of anilines is 1. The molecule has 1 amide bonds. The smallest absolute Gasteiger partial charge is 0.433 e. The van der Waals surface area contributed by atoms with E-state index in [1.165, 1.54) is 6.07 Å². The van der Waals surface area contributed by atoms with E-state index in [-0.39, 0.29) is 5.76 Å². The minimum Gasteiger partial charge on any atom is -0.497 e. The summed E-state index contributed by atoms with van der Waals surface area (Å²) in [7, 11) is 1.59. The lowest BCUT2D eigenvalue weighted by atomic mass is 10.2. The van der Waals surface area contributed by atoms with Crippen LogP contribution in [0.15, 0.2) is 63.4 Å². The van der Waals surface area contributed by atoms with Gasteiger partial charge in [-0.2, -0.15) is 0 Å². The molecule has 2 aromatic heterocycles. The number of carbonyl (C=O) groups excluding carboxylic acids is 1. The zero-order chi connectivity index (χ0) is 19.7. The van der Waals surface area contributed by atoms with Gasteiger partial charge in [-0.15, -0.1) is 0 Å². The summed E-state index contributed by atoms with van der Waals surface area (Å²) < 4.78 is 15.8. The number of oxazole rings is 1. The molecule has 0 atom stereocenters. The van der Waals surface area contributed by atoms with E-state index in [1.807, 2.05) is 12.1 Å². The van der Waals surface area contributed by atoms with Gasteiger partial charge in [-0.3, -0.25) is 14.9 Å². The molecule has 0 saturated carbocycles. The Morgan fingerprint density at radius 3 is 2.57 bits per heavy atom. The molecule has 0 fully saturated rings. The van der Waals surface area contributed by atoms with Gasteiger partial charge < -0.3 is 18.9 Å². The molecule has 0 bridgehead atoms. The average Bonchev–Trinajstić information content (AvgIpc) is 3.35. The minimum absolute atomic E-state index is 0.161. The molecule has 9 nitrogen and oxygen atoms in total. The first kappa shape index (κ1) is 17.3. The third-order valence-electron chi connectivity index (χ3n) is 3.98. The van der Waals surface area contributed by atoms with Gasteiger partial charge in [0.15, 0.2) is 11.3 Å². The fraction of sp³-hybridized carbons (Fsp3) is 0.0526. The van der Waals surface area contributed by atoms with E-state index in [9.17, 15) is 14.9 Å². The van der Waals surface area contributed by atoms with Crippen LogP contribution >= 0.6 is 0 Å². The summed E-state index contributed by atoms with van der Waals surface area (Å²) in [5.74, 6) is -0.107. The number of amides is 1. The first-order chi connectivity index (χ1) is 13.5. The molecule has 2 heterocycles. The van der Waals surface area contributed by atoms with Crippen LogP contribution in [0.25, 0.3) is 22.6 Å². The summed E-state index contributed by atoms with van der Waals surface area (Å²) in [6, 6.07) is 14.6. The van der Waals surface area contributed by atoms with Crippen molar-refractivity contribution in [1.82, 2.24) is 4.98 Å². The Kier molecular flexibility index (Phi) is 4.24. The quantitative estimate of drug-likeness (QED) is 0.406. The van der Waals surface area contributed by atoms with E-state index in [2.05, 4.69) is 10.3 Å². The summed E-state index contributed by atoms with van der Waals surface area (Å²) in [5, 5.41) is 13.3. The van der Waals surface area contributed by atoms with E-state index in [4.69, 9.17) is 13.6 Å². The summed E-state index contributed by atoms with van der Waals surface area (Å²) in [6.07, 6.45) is 0. The molecule has 9 heteroatoms. The second-order valence-electron chi connectivity index (χ2n) is 5.78. The molecular formula is C19H13N3O6. The number of rotatable bonds is 5. The van der Waals surface area contributed by atoms with Gasteiger partial charge >= 0.3 is 5.88 Å². The number of nitro groups is 1. The number of methoxy groups -OCH3 is 1. The average molecular weight is 379 g/mol. The minimum atomic E-state index is -0.709. The Morgan fingerprint density at radius 1 is 1.11 bits per heavy atom. The Bertz CT molecular complexity index is 1180. The molecule has 4 aromatic rings. The summed E-state index contributed by atoms with van der Waals surface area (Å²) in [5.41, 5.74) is 2.34. The van der Waals surface area contributed by atoms with Crippen molar-refractivity contribution < 1.29 is 23.3 Å². The number of benzene rings is 2. The van der Waals surface area contributed by atoms with Crippen molar-refractivity contribution >= 4 is 28.6 Å². The van der Waals surface area contributed by atoms with Crippen LogP contribution in [-0.2, 0) is 0 Å². The number of furan rings is 1. The van der Waals surface area contributed by atoms with E-state index in [0.29, 0.717) is 22.7 Å². The molecule has 0 aliphatic carbocycles. The van der Waals surface area contributed by atoms with Gasteiger partial charge in [0.25, 0.3) is 5.91 Å². The highest BCUT2D eigenvalue weighted by atomic mass is 16.6. The normalized spacial score (nSPS) is 10.8. The Morgan fingerprint density at radius 2 is 1.89 bits per heavy atom. The topological polar surface area (TPSA) is 121 Å². The maximum atomic E-state index is 12.2. The second-order valence-corrected chi connectivity index (χ2v) is 5.78. The number of ether oxygens (including phenoxy) is 1. The predicted octanol–water partition coefficient (Wildman–Crippen LogP) is 4.26. The molecule has 0 aliphatic heterocycles. The van der Waals surface area contributed by atoms with E-state index in [0.717, 1.165) is 17.4 Å². The lowest BCUT2D eigenvalue weighted by Gasteiger charge is -2.01. The van der Waals surface area contributed by atoms with Crippen LogP contribution in [0.1, 0.15) is 10.6 Å². The number of fused-ring (bicyclic) bond motifs is 1. The van der Waals surface area contributed by atoms with Crippen LogP contribution in [-0.4, -0.2) is 22.9 Å². The van der Waals surface area contributed by atoms with Gasteiger partial charge in [0.1, 0.15) is 16.2 Å². The molecule has 0 radical (unpaired) electrons. The van der Waals surface area contributed by atoms with Crippen molar-refractivity contribution in [2.45, 2.75) is 0 Å². The standard InChI is InChI=1S/C19H13N3O6/c1-26-13-5-2-11(3-6-13)19-21-14-10-12(4-7-15(14)28-19)20-18(23)16-8-9-17(27-16)22(24)25/h2-10H,1H3,(H,20,23). The third kappa shape index (κ3) is 3.28. The fourth-order valence-electron chi connectivity index (χ4n) is 2.60. The number of carbonyl (C=O) groups is 1. The maximum absolute atomic E-state index is 12.2. The highest BCUT2D eigenvalue weighted by Crippen LogP contribution is 2.27. The van der Waals surface area contributed by atoms with Crippen molar-refractivity contribution in [1.29, 1.82) is 0 Å². The second kappa shape index (κ2) is 6.88. The highest BCUT2D eigenvalue weighted by Gasteiger charge is 2.18. The maximum Gasteiger partial charge on any atom is 0.433 e. The molecule has 28 heavy (non-hydrogen) atoms. The summed E-state index contributed by atoms with van der Waals surface area (Å²) in [4.78, 5) is 26.6. The molecule has 2 aromatic carbocycles. The van der Waals surface area contributed by atoms with Crippen molar-refractivity contribution in [3.05, 3.63) is 70.5 Å². The lowest BCUT2D eigenvalue weighted by molar-refractivity contribution is -0.402. The molecule has 140 valence electrons. The molecule has 1 N–H and O–H groups in total. The first-order valence-electron chi connectivity index (χ1n) is 8.14. The molecule has 0 spiro atoms. The Balaban J connectivity index is 1.57. The monoisotopic (exact) mass is 379 g/mol. The first-order valence-corrected chi connectivity index (χ1v) is 8.14. The van der Waals surface area contributed by atoms with Gasteiger partial charge in [0, 0.05) is 11.3 Å². The van der Waals surface area contributed by atoms with Crippen LogP contribution in [0.5, 0.6) is 5.75 Å². The number of aromatic nitrogens is 1. The van der Waals surface area contributed by atoms with Gasteiger partial charge in [0.2, 0.25) is 5.89 Å². The van der Waals surface area contributed by atoms with E-state index in [1.54, 1.807) is 37.4 Å². The van der Waals surface area contributed by atoms with Crippen LogP contribution in [0, 0.1) is 10.1 Å². The third-order valence-corrected chi connectivity index (χ3v) is 3.98. The number of hydrogen-bond donors (Lipinski definition) is 1. The summed E-state index contributed by atoms with van der Waals surface area (Å²) in [6.45, 7) is 0. The van der Waals surface area contributed by atoms with Gasteiger partial charge in [0.05, 0.1) is 13.2 Å². The Hall–Kier alpha value is -4.14. The van der Waals surface area contributed by atoms with Crippen LogP contribution in [0.2, 0.25) is 0 Å². The molecule has 4 rings (SSSR count). The molecule has 0 saturated heterocycles. The lowest BCUT2D eigenvalue weighted by Crippen LogP contribution is -2.10. The van der Waals surface area contributed by atoms with Gasteiger partial charge in [-0.1, -0.05) is 0 Å². The van der Waals surface area contributed by atoms with Crippen LogP contribution < -0.4 is 10.1 Å². The zero-order valence-electron chi connectivity index (χ0n) is 14.5. The SMILES string of the molecule is COc1ccc(-c2nc3cc(NC(=O)c4ccc([N+](=O)[O-])o4)ccc3o2)cc1. The van der Waals surface area contributed by atoms with Crippen LogP contribution in [0.3, 0.4) is 0 Å². The number of hydrogen-bond acceptors (Lipinski definition) is 7. The molecular weight excluding hydrogens is 366 g/mol. The van der Waals surface area contributed by atoms with E-state index < -0.39 is 16.7 Å². The van der Waals surface area contributed by atoms with Crippen molar-refractivity contribution in [3.8, 4) is 17.2 Å². The Labute approximate surface area is 157 Å². The zero-order valence-corrected chi connectivity index (χ0v) is 14.5. The van der Waals surface area contributed by atoms with Gasteiger partial charge in [-0.25, -0.2) is 4.98 Å². The predicted molar refractivity (Wildman–Crippen MR) is 99.3 cm³/mol. The van der Waals surface area contributed by atoms with Crippen LogP contribution in [0.4, 0.5) is 11.6 Å². The van der Waals surface area contributed by atoms with Crippen molar-refractivity contribution in [3.63, 3.8) is 0 Å². The highest BCUT2D eigenvalue weighted by molar-refractivity contribution is 6.03. The summed E-state index contributed by atoms with van der Waals surface area (Å²) >= 11 is 0. The molecule has 0 unspecified atom stereocenters. The molecule has 0 aliphatic rings.